The summed E-state index contributed by atoms with van der Waals surface area (Å²) in [6, 6.07) is 7.65. The molecule has 0 aliphatic heterocycles. The maximum Gasteiger partial charge on any atom is 0.345 e. The summed E-state index contributed by atoms with van der Waals surface area (Å²) in [5.74, 6) is -0.423. The maximum atomic E-state index is 13.9. The molecule has 0 saturated carbocycles. The Morgan fingerprint density at radius 2 is 2.10 bits per heavy atom. The van der Waals surface area contributed by atoms with Crippen LogP contribution in [-0.4, -0.2) is 38.8 Å². The number of nitrogens with zero attached hydrogens (tertiary/aromatic N) is 3. The molecule has 30 heavy (non-hydrogen) atoms. The van der Waals surface area contributed by atoms with Crippen molar-refractivity contribution in [2.75, 3.05) is 13.9 Å². The van der Waals surface area contributed by atoms with E-state index in [0.717, 1.165) is 0 Å². The highest BCUT2D eigenvalue weighted by Crippen LogP contribution is 2.34. The van der Waals surface area contributed by atoms with Crippen molar-refractivity contribution in [1.29, 1.82) is 0 Å². The first-order chi connectivity index (χ1) is 14.4. The number of methoxy groups -OCH3 is 1. The second kappa shape index (κ2) is 8.05. The van der Waals surface area contributed by atoms with E-state index in [1.807, 2.05) is 0 Å². The fourth-order valence-corrected chi connectivity index (χ4v) is 3.48. The number of fused-ring (bicyclic) bond motifs is 1. The Kier molecular flexibility index (Phi) is 5.46. The summed E-state index contributed by atoms with van der Waals surface area (Å²) in [5, 5.41) is 0. The minimum absolute atomic E-state index is 0.0712. The number of benzene rings is 1. The Labute approximate surface area is 178 Å². The van der Waals surface area contributed by atoms with Gasteiger partial charge in [0.25, 0.3) is 0 Å². The predicted molar refractivity (Wildman–Crippen MR) is 111 cm³/mol. The van der Waals surface area contributed by atoms with Crippen LogP contribution in [-0.2, 0) is 15.1 Å². The number of nitrogens with one attached hydrogen (secondary N) is 2. The molecule has 4 aromatic rings. The summed E-state index contributed by atoms with van der Waals surface area (Å²) in [4.78, 5) is 30.9. The molecule has 0 amide bonds. The third-order valence-corrected chi connectivity index (χ3v) is 5.11. The lowest BCUT2D eigenvalue weighted by Gasteiger charge is -2.30. The summed E-state index contributed by atoms with van der Waals surface area (Å²) < 4.78 is 25.5. The van der Waals surface area contributed by atoms with Crippen molar-refractivity contribution < 1.29 is 13.9 Å². The molecule has 0 aliphatic rings. The molecule has 0 bridgehead atoms. The van der Waals surface area contributed by atoms with Gasteiger partial charge in [0.1, 0.15) is 28.3 Å². The zero-order valence-corrected chi connectivity index (χ0v) is 17.7. The lowest BCUT2D eigenvalue weighted by Crippen LogP contribution is -2.32. The van der Waals surface area contributed by atoms with Crippen LogP contribution < -0.4 is 5.69 Å². The van der Waals surface area contributed by atoms with Gasteiger partial charge in [-0.3, -0.25) is 0 Å². The predicted octanol–water partition coefficient (Wildman–Crippen LogP) is 3.49. The zero-order valence-electron chi connectivity index (χ0n) is 16.1. The molecule has 3 aromatic heterocycles. The van der Waals surface area contributed by atoms with Gasteiger partial charge in [-0.15, -0.1) is 0 Å². The lowest BCUT2D eigenvalue weighted by molar-refractivity contribution is -0.109. The molecule has 154 valence electrons. The van der Waals surface area contributed by atoms with E-state index in [9.17, 15) is 9.18 Å². The van der Waals surface area contributed by atoms with E-state index in [2.05, 4.69) is 40.8 Å². The van der Waals surface area contributed by atoms with E-state index in [-0.39, 0.29) is 6.79 Å². The summed E-state index contributed by atoms with van der Waals surface area (Å²) in [6.07, 6.45) is 3.25. The van der Waals surface area contributed by atoms with Gasteiger partial charge in [0.05, 0.1) is 17.6 Å². The van der Waals surface area contributed by atoms with Gasteiger partial charge in [0.15, 0.2) is 5.65 Å². The van der Waals surface area contributed by atoms with Gasteiger partial charge in [-0.25, -0.2) is 19.2 Å². The van der Waals surface area contributed by atoms with Gasteiger partial charge in [0, 0.05) is 18.9 Å². The van der Waals surface area contributed by atoms with E-state index in [1.54, 1.807) is 37.5 Å². The Hall–Kier alpha value is -2.95. The molecule has 0 fully saturated rings. The molecule has 4 rings (SSSR count). The molecular weight excluding hydrogens is 457 g/mol. The second-order valence-electron chi connectivity index (χ2n) is 6.67. The third kappa shape index (κ3) is 3.76. The highest BCUT2D eigenvalue weighted by atomic mass is 79.9. The Morgan fingerprint density at radius 1 is 1.27 bits per heavy atom. The minimum atomic E-state index is -1.20. The molecule has 0 radical (unpaired) electrons. The van der Waals surface area contributed by atoms with Crippen LogP contribution in [0, 0.1) is 5.82 Å². The van der Waals surface area contributed by atoms with Crippen LogP contribution in [0.5, 0.6) is 0 Å². The topological polar surface area (TPSA) is 106 Å². The number of aromatic amines is 2. The number of rotatable bonds is 6. The van der Waals surface area contributed by atoms with Crippen molar-refractivity contribution in [3.63, 3.8) is 0 Å². The smallest absolute Gasteiger partial charge is 0.345 e. The van der Waals surface area contributed by atoms with Crippen molar-refractivity contribution in [2.45, 2.75) is 12.5 Å². The average molecular weight is 474 g/mol. The molecule has 10 heteroatoms. The molecule has 3 heterocycles. The number of halogens is 2. The quantitative estimate of drug-likeness (QED) is 0.415. The maximum absolute atomic E-state index is 13.9. The fourth-order valence-electron chi connectivity index (χ4n) is 3.20. The van der Waals surface area contributed by atoms with Gasteiger partial charge in [-0.05, 0) is 46.6 Å². The Bertz CT molecular complexity index is 1270. The highest BCUT2D eigenvalue weighted by Gasteiger charge is 2.33. The molecule has 2 N–H and O–H groups in total. The first kappa shape index (κ1) is 20.3. The SMILES string of the molecule is COCOC(C)(c1cccc(F)c1)c1cc(-c2c[nH]c3ncc(Br)nc23)nc(=O)[nH]1. The number of hydrogen-bond donors (Lipinski definition) is 2. The van der Waals surface area contributed by atoms with Gasteiger partial charge < -0.3 is 19.4 Å². The molecule has 0 aliphatic carbocycles. The number of hydrogen-bond acceptors (Lipinski definition) is 6. The van der Waals surface area contributed by atoms with Gasteiger partial charge >= 0.3 is 5.69 Å². The summed E-state index contributed by atoms with van der Waals surface area (Å²) in [7, 11) is 1.48. The first-order valence-electron chi connectivity index (χ1n) is 8.91. The fraction of sp³-hybridized carbons (Fsp3) is 0.200. The van der Waals surface area contributed by atoms with E-state index < -0.39 is 17.1 Å². The number of H-pyrrole nitrogens is 2. The largest absolute Gasteiger partial charge is 0.359 e. The number of ether oxygens (including phenoxy) is 2. The minimum Gasteiger partial charge on any atom is -0.359 e. The monoisotopic (exact) mass is 473 g/mol. The van der Waals surface area contributed by atoms with Crippen LogP contribution in [0.15, 0.2) is 52.1 Å². The standard InChI is InChI=1S/C20H17BrFN5O3/c1-20(30-10-29-2,11-4-3-5-12(22)6-11)15-7-14(25-19(28)26-15)13-8-23-18-17(13)27-16(21)9-24-18/h3-9H,10H2,1-2H3,(H,23,24)(H,25,26,28). The molecule has 1 atom stereocenters. The molecule has 8 nitrogen and oxygen atoms in total. The summed E-state index contributed by atoms with van der Waals surface area (Å²) in [5.41, 5.74) is 1.19. The third-order valence-electron chi connectivity index (χ3n) is 4.73. The molecule has 1 aromatic carbocycles. The van der Waals surface area contributed by atoms with E-state index in [1.165, 1.54) is 19.2 Å². The van der Waals surface area contributed by atoms with Crippen LogP contribution in [0.2, 0.25) is 0 Å². The molecule has 1 unspecified atom stereocenters. The van der Waals surface area contributed by atoms with Gasteiger partial charge in [-0.2, -0.15) is 4.98 Å². The second-order valence-corrected chi connectivity index (χ2v) is 7.48. The van der Waals surface area contributed by atoms with Crippen LogP contribution in [0.3, 0.4) is 0 Å². The van der Waals surface area contributed by atoms with Crippen molar-refractivity contribution in [1.82, 2.24) is 24.9 Å². The van der Waals surface area contributed by atoms with Crippen LogP contribution in [0.1, 0.15) is 18.2 Å². The molecule has 0 spiro atoms. The van der Waals surface area contributed by atoms with E-state index >= 15 is 0 Å². The lowest BCUT2D eigenvalue weighted by atomic mass is 9.91. The van der Waals surface area contributed by atoms with E-state index in [0.29, 0.717) is 38.3 Å². The molecular formula is C20H17BrFN5O3. The normalized spacial score (nSPS) is 13.5. The van der Waals surface area contributed by atoms with Crippen molar-refractivity contribution in [2.24, 2.45) is 0 Å². The van der Waals surface area contributed by atoms with Crippen molar-refractivity contribution >= 4 is 27.1 Å². The summed E-state index contributed by atoms with van der Waals surface area (Å²) in [6.45, 7) is 1.65. The van der Waals surface area contributed by atoms with E-state index in [4.69, 9.17) is 9.47 Å². The summed E-state index contributed by atoms with van der Waals surface area (Å²) >= 11 is 3.31. The zero-order chi connectivity index (χ0) is 21.3. The Balaban J connectivity index is 1.90. The molecule has 0 saturated heterocycles. The highest BCUT2D eigenvalue weighted by molar-refractivity contribution is 9.10. The number of aromatic nitrogens is 5. The van der Waals surface area contributed by atoms with Crippen molar-refractivity contribution in [3.8, 4) is 11.3 Å². The van der Waals surface area contributed by atoms with Gasteiger partial charge in [0.2, 0.25) is 0 Å². The Morgan fingerprint density at radius 3 is 2.87 bits per heavy atom. The van der Waals surface area contributed by atoms with Crippen LogP contribution in [0.4, 0.5) is 4.39 Å². The van der Waals surface area contributed by atoms with Crippen molar-refractivity contribution in [3.05, 3.63) is 74.9 Å². The van der Waals surface area contributed by atoms with Crippen LogP contribution >= 0.6 is 15.9 Å². The van der Waals surface area contributed by atoms with Crippen LogP contribution in [0.25, 0.3) is 22.4 Å². The first-order valence-corrected chi connectivity index (χ1v) is 9.71. The van der Waals surface area contributed by atoms with Gasteiger partial charge in [-0.1, -0.05) is 12.1 Å². The average Bonchev–Trinajstić information content (AvgIpc) is 3.14.